The van der Waals surface area contributed by atoms with Gasteiger partial charge in [0.25, 0.3) is 0 Å². The summed E-state index contributed by atoms with van der Waals surface area (Å²) in [5.41, 5.74) is -1.16. The molecule has 4 nitrogen and oxygen atoms in total. The zero-order valence-electron chi connectivity index (χ0n) is 14.9. The minimum atomic E-state index is -3.45. The van der Waals surface area contributed by atoms with Crippen molar-refractivity contribution in [1.29, 1.82) is 0 Å². The third-order valence-electron chi connectivity index (χ3n) is 6.82. The highest BCUT2D eigenvalue weighted by molar-refractivity contribution is 8.18. The van der Waals surface area contributed by atoms with Gasteiger partial charge in [0.15, 0.2) is 0 Å². The number of carbonyl (C=O) groups excluding carboxylic acids is 1. The van der Waals surface area contributed by atoms with Crippen molar-refractivity contribution in [1.82, 2.24) is 0 Å². The molecule has 1 aliphatic heterocycles. The highest BCUT2D eigenvalue weighted by Gasteiger charge is 2.66. The van der Waals surface area contributed by atoms with E-state index in [0.717, 1.165) is 12.8 Å². The summed E-state index contributed by atoms with van der Waals surface area (Å²) in [7, 11) is 0. The summed E-state index contributed by atoms with van der Waals surface area (Å²) in [6.07, 6.45) is 4.15. The second-order valence-corrected chi connectivity index (χ2v) is 11.7. The van der Waals surface area contributed by atoms with Crippen LogP contribution >= 0.6 is 23.5 Å². The number of rotatable bonds is 4. The second-order valence-electron chi connectivity index (χ2n) is 8.92. The van der Waals surface area contributed by atoms with Crippen LogP contribution < -0.4 is 0 Å². The van der Waals surface area contributed by atoms with Crippen LogP contribution in [0.2, 0.25) is 0 Å². The SMILES string of the molecule is CC(F)(F)C(=O)OC12CC3CC(C1)C1(SCC(CO)(CO)CS1)C(C3)C2. The van der Waals surface area contributed by atoms with Gasteiger partial charge in [-0.25, -0.2) is 4.79 Å². The number of ether oxygens (including phenoxy) is 1. The van der Waals surface area contributed by atoms with E-state index in [1.54, 1.807) is 0 Å². The molecule has 1 heterocycles. The van der Waals surface area contributed by atoms with E-state index in [9.17, 15) is 23.8 Å². The number of aliphatic hydroxyl groups excluding tert-OH is 2. The molecule has 5 aliphatic rings. The van der Waals surface area contributed by atoms with Gasteiger partial charge in [0.05, 0.1) is 17.3 Å². The van der Waals surface area contributed by atoms with Crippen LogP contribution in [-0.2, 0) is 9.53 Å². The van der Waals surface area contributed by atoms with Crippen molar-refractivity contribution >= 4 is 29.5 Å². The lowest BCUT2D eigenvalue weighted by Crippen LogP contribution is -2.64. The van der Waals surface area contributed by atoms with E-state index >= 15 is 0 Å². The van der Waals surface area contributed by atoms with E-state index < -0.39 is 22.9 Å². The fourth-order valence-electron chi connectivity index (χ4n) is 5.59. The maximum atomic E-state index is 13.4. The Morgan fingerprint density at radius 2 is 1.65 bits per heavy atom. The summed E-state index contributed by atoms with van der Waals surface area (Å²) in [4.78, 5) is 11.8. The van der Waals surface area contributed by atoms with E-state index in [0.29, 0.717) is 55.4 Å². The molecule has 2 atom stereocenters. The fourth-order valence-corrected chi connectivity index (χ4v) is 9.70. The average Bonchev–Trinajstić information content (AvgIpc) is 2.58. The number of carbonyl (C=O) groups is 1. The van der Waals surface area contributed by atoms with Crippen molar-refractivity contribution < 1.29 is 28.5 Å². The van der Waals surface area contributed by atoms with Crippen LogP contribution in [0.4, 0.5) is 8.78 Å². The van der Waals surface area contributed by atoms with E-state index in [1.165, 1.54) is 0 Å². The third-order valence-corrected chi connectivity index (χ3v) is 11.3. The maximum absolute atomic E-state index is 13.4. The van der Waals surface area contributed by atoms with Crippen LogP contribution in [-0.4, -0.2) is 56.5 Å². The minimum Gasteiger partial charge on any atom is -0.455 e. The van der Waals surface area contributed by atoms with Crippen LogP contribution in [0.1, 0.15) is 39.0 Å². The zero-order chi connectivity index (χ0) is 18.8. The molecule has 0 radical (unpaired) electrons. The molecule has 148 valence electrons. The predicted molar refractivity (Wildman–Crippen MR) is 97.3 cm³/mol. The Hall–Kier alpha value is -0.0500. The summed E-state index contributed by atoms with van der Waals surface area (Å²) in [6.45, 7) is 0.558. The minimum absolute atomic E-state index is 0.00933. The van der Waals surface area contributed by atoms with Gasteiger partial charge in [-0.1, -0.05) is 0 Å². The van der Waals surface area contributed by atoms with Crippen molar-refractivity contribution in [2.45, 2.75) is 54.6 Å². The van der Waals surface area contributed by atoms with Gasteiger partial charge in [-0.3, -0.25) is 0 Å². The van der Waals surface area contributed by atoms with Gasteiger partial charge in [0.2, 0.25) is 0 Å². The number of hydrogen-bond donors (Lipinski definition) is 2. The van der Waals surface area contributed by atoms with Crippen LogP contribution in [0.25, 0.3) is 0 Å². The molecule has 0 aromatic carbocycles. The molecular formula is C18H26F2O4S2. The van der Waals surface area contributed by atoms with Crippen LogP contribution in [0.3, 0.4) is 0 Å². The Labute approximate surface area is 160 Å². The van der Waals surface area contributed by atoms with Crippen molar-refractivity contribution in [2.75, 3.05) is 24.7 Å². The summed E-state index contributed by atoms with van der Waals surface area (Å²) >= 11 is 3.67. The average molecular weight is 409 g/mol. The molecule has 26 heavy (non-hydrogen) atoms. The van der Waals surface area contributed by atoms with E-state index in [-0.39, 0.29) is 17.3 Å². The van der Waals surface area contributed by atoms with Crippen LogP contribution in [0, 0.1) is 23.2 Å². The smallest absolute Gasteiger partial charge is 0.377 e. The third kappa shape index (κ3) is 2.90. The summed E-state index contributed by atoms with van der Waals surface area (Å²) in [5, 5.41) is 19.4. The highest BCUT2D eigenvalue weighted by Crippen LogP contribution is 2.70. The lowest BCUT2D eigenvalue weighted by atomic mass is 9.53. The molecule has 5 rings (SSSR count). The van der Waals surface area contributed by atoms with Gasteiger partial charge in [-0.2, -0.15) is 8.78 Å². The predicted octanol–water partition coefficient (Wildman–Crippen LogP) is 2.91. The Balaban J connectivity index is 1.53. The quantitative estimate of drug-likeness (QED) is 0.698. The Morgan fingerprint density at radius 3 is 2.12 bits per heavy atom. The maximum Gasteiger partial charge on any atom is 0.377 e. The van der Waals surface area contributed by atoms with Crippen molar-refractivity contribution in [3.05, 3.63) is 0 Å². The molecule has 0 amide bonds. The Morgan fingerprint density at radius 1 is 1.12 bits per heavy atom. The van der Waals surface area contributed by atoms with Gasteiger partial charge in [0, 0.05) is 23.8 Å². The van der Waals surface area contributed by atoms with E-state index in [4.69, 9.17) is 4.74 Å². The standard InChI is InChI=1S/C18H26F2O4S2/c1-15(19,20)14(23)24-17-4-11-2-12(5-17)18(13(3-11)6-17)25-9-16(7-21,8-22)10-26-18/h11-13,21-22H,2-10H2,1H3. The molecule has 5 fully saturated rings. The molecule has 4 aliphatic carbocycles. The Bertz CT molecular complexity index is 562. The first kappa shape index (κ1) is 19.3. The van der Waals surface area contributed by atoms with Crippen molar-refractivity contribution in [2.24, 2.45) is 23.2 Å². The first-order valence-electron chi connectivity index (χ1n) is 9.27. The normalized spacial score (nSPS) is 40.0. The van der Waals surface area contributed by atoms with Crippen molar-refractivity contribution in [3.63, 3.8) is 0 Å². The largest absolute Gasteiger partial charge is 0.455 e. The molecule has 0 aromatic heterocycles. The van der Waals surface area contributed by atoms with Gasteiger partial charge in [-0.15, -0.1) is 23.5 Å². The van der Waals surface area contributed by atoms with Gasteiger partial charge >= 0.3 is 11.9 Å². The van der Waals surface area contributed by atoms with E-state index in [2.05, 4.69) is 0 Å². The highest BCUT2D eigenvalue weighted by atomic mass is 32.2. The summed E-state index contributed by atoms with van der Waals surface area (Å²) in [5.74, 6) is -2.31. The topological polar surface area (TPSA) is 66.8 Å². The molecule has 0 aromatic rings. The number of hydrogen-bond acceptors (Lipinski definition) is 6. The van der Waals surface area contributed by atoms with Crippen LogP contribution in [0.15, 0.2) is 0 Å². The number of aliphatic hydroxyl groups is 2. The molecule has 1 spiro atoms. The fraction of sp³-hybridized carbons (Fsp3) is 0.944. The molecule has 4 saturated carbocycles. The number of alkyl halides is 2. The van der Waals surface area contributed by atoms with Crippen LogP contribution in [0.5, 0.6) is 0 Å². The van der Waals surface area contributed by atoms with E-state index in [1.807, 2.05) is 23.5 Å². The molecule has 2 unspecified atom stereocenters. The molecular weight excluding hydrogens is 382 g/mol. The monoisotopic (exact) mass is 408 g/mol. The molecule has 8 heteroatoms. The second kappa shape index (κ2) is 6.22. The number of halogens is 2. The molecule has 4 bridgehead atoms. The van der Waals surface area contributed by atoms with Gasteiger partial charge in [0.1, 0.15) is 5.60 Å². The zero-order valence-corrected chi connectivity index (χ0v) is 16.5. The van der Waals surface area contributed by atoms with Gasteiger partial charge in [-0.05, 0) is 49.9 Å². The number of thioether (sulfide) groups is 2. The first-order valence-corrected chi connectivity index (χ1v) is 11.2. The molecule has 2 N–H and O–H groups in total. The summed E-state index contributed by atoms with van der Waals surface area (Å²) in [6, 6.07) is 0. The van der Waals surface area contributed by atoms with Crippen molar-refractivity contribution in [3.8, 4) is 0 Å². The van der Waals surface area contributed by atoms with Gasteiger partial charge < -0.3 is 14.9 Å². The number of esters is 1. The Kier molecular flexibility index (Phi) is 4.61. The molecule has 1 saturated heterocycles. The summed E-state index contributed by atoms with van der Waals surface area (Å²) < 4.78 is 32.2. The first-order chi connectivity index (χ1) is 12.2. The lowest BCUT2D eigenvalue weighted by Gasteiger charge is -2.65. The lowest BCUT2D eigenvalue weighted by molar-refractivity contribution is -0.208.